The van der Waals surface area contributed by atoms with Crippen molar-refractivity contribution in [3.63, 3.8) is 0 Å². The fourth-order valence-electron chi connectivity index (χ4n) is 1.31. The van der Waals surface area contributed by atoms with Crippen LogP contribution < -0.4 is 11.5 Å². The minimum Gasteiger partial charge on any atom is -0.408 e. The number of aliphatic hydroxyl groups is 1. The third-order valence-electron chi connectivity index (χ3n) is 2.05. The number of H-pyrrole nitrogens is 1. The maximum atomic E-state index is 10.8. The molecule has 0 radical (unpaired) electrons. The second-order valence-electron chi connectivity index (χ2n) is 3.02. The molecule has 0 aliphatic carbocycles. The Morgan fingerprint density at radius 3 is 3.07 bits per heavy atom. The van der Waals surface area contributed by atoms with Crippen LogP contribution in [0.3, 0.4) is 0 Å². The molecule has 0 aliphatic rings. The third-order valence-corrected chi connectivity index (χ3v) is 2.05. The molecule has 0 amide bonds. The Hall–Kier alpha value is -1.59. The summed E-state index contributed by atoms with van der Waals surface area (Å²) in [5, 5.41) is 9.45. The average molecular weight is 194 g/mol. The number of hydrogen-bond donors (Lipinski definition) is 3. The zero-order chi connectivity index (χ0) is 10.1. The number of nitrogens with two attached hydrogens (primary N) is 1. The maximum absolute atomic E-state index is 10.8. The van der Waals surface area contributed by atoms with E-state index in [4.69, 9.17) is 10.2 Å². The summed E-state index contributed by atoms with van der Waals surface area (Å²) < 4.78 is 4.81. The van der Waals surface area contributed by atoms with Gasteiger partial charge in [0.1, 0.15) is 0 Å². The Balaban J connectivity index is 2.55. The van der Waals surface area contributed by atoms with Gasteiger partial charge in [0, 0.05) is 6.54 Å². The van der Waals surface area contributed by atoms with Crippen molar-refractivity contribution in [2.24, 2.45) is 5.73 Å². The molecule has 14 heavy (non-hydrogen) atoms. The molecule has 1 aromatic carbocycles. The van der Waals surface area contributed by atoms with Gasteiger partial charge in [-0.05, 0) is 17.7 Å². The summed E-state index contributed by atoms with van der Waals surface area (Å²) >= 11 is 0. The Kier molecular flexibility index (Phi) is 2.11. The van der Waals surface area contributed by atoms with Gasteiger partial charge in [0.2, 0.25) is 0 Å². The Labute approximate surface area is 79.2 Å². The van der Waals surface area contributed by atoms with Gasteiger partial charge in [-0.25, -0.2) is 4.79 Å². The second-order valence-corrected chi connectivity index (χ2v) is 3.02. The van der Waals surface area contributed by atoms with Crippen molar-refractivity contribution in [3.8, 4) is 0 Å². The number of nitrogens with one attached hydrogen (secondary N) is 1. The number of oxazole rings is 1. The zero-order valence-electron chi connectivity index (χ0n) is 7.36. The van der Waals surface area contributed by atoms with Crippen LogP contribution in [0.25, 0.3) is 11.1 Å². The highest BCUT2D eigenvalue weighted by atomic mass is 16.4. The average Bonchev–Trinajstić information content (AvgIpc) is 2.55. The molecular formula is C9H10N2O3. The van der Waals surface area contributed by atoms with Crippen molar-refractivity contribution >= 4 is 11.1 Å². The number of rotatable bonds is 2. The molecule has 0 saturated carbocycles. The molecule has 0 bridgehead atoms. The van der Waals surface area contributed by atoms with Gasteiger partial charge in [-0.3, -0.25) is 4.98 Å². The van der Waals surface area contributed by atoms with E-state index in [0.29, 0.717) is 16.7 Å². The monoisotopic (exact) mass is 194 g/mol. The van der Waals surface area contributed by atoms with E-state index in [9.17, 15) is 9.90 Å². The molecule has 0 aliphatic heterocycles. The van der Waals surface area contributed by atoms with Crippen LogP contribution in [0.5, 0.6) is 0 Å². The minimum absolute atomic E-state index is 0.146. The van der Waals surface area contributed by atoms with Crippen LogP contribution in [0, 0.1) is 0 Å². The van der Waals surface area contributed by atoms with E-state index in [-0.39, 0.29) is 6.54 Å². The normalized spacial score (nSPS) is 13.3. The van der Waals surface area contributed by atoms with Crippen LogP contribution in [-0.2, 0) is 0 Å². The van der Waals surface area contributed by atoms with E-state index in [1.54, 1.807) is 18.2 Å². The number of hydrogen-bond acceptors (Lipinski definition) is 4. The van der Waals surface area contributed by atoms with Gasteiger partial charge in [0.05, 0.1) is 11.6 Å². The van der Waals surface area contributed by atoms with Crippen molar-refractivity contribution in [1.29, 1.82) is 0 Å². The van der Waals surface area contributed by atoms with Crippen LogP contribution in [-0.4, -0.2) is 16.6 Å². The Morgan fingerprint density at radius 1 is 1.57 bits per heavy atom. The van der Waals surface area contributed by atoms with E-state index in [0.717, 1.165) is 0 Å². The highest BCUT2D eigenvalue weighted by Gasteiger charge is 2.07. The predicted molar refractivity (Wildman–Crippen MR) is 50.8 cm³/mol. The van der Waals surface area contributed by atoms with E-state index >= 15 is 0 Å². The third kappa shape index (κ3) is 1.43. The first-order chi connectivity index (χ1) is 6.70. The lowest BCUT2D eigenvalue weighted by Crippen LogP contribution is -2.11. The van der Waals surface area contributed by atoms with E-state index in [1.165, 1.54) is 0 Å². The lowest BCUT2D eigenvalue weighted by Gasteiger charge is -2.06. The minimum atomic E-state index is -0.710. The summed E-state index contributed by atoms with van der Waals surface area (Å²) in [6.45, 7) is 0.146. The van der Waals surface area contributed by atoms with Gasteiger partial charge < -0.3 is 15.3 Å². The summed E-state index contributed by atoms with van der Waals surface area (Å²) in [6, 6.07) is 4.95. The molecule has 4 N–H and O–H groups in total. The largest absolute Gasteiger partial charge is 0.417 e. The van der Waals surface area contributed by atoms with Crippen LogP contribution in [0.1, 0.15) is 11.7 Å². The smallest absolute Gasteiger partial charge is 0.408 e. The van der Waals surface area contributed by atoms with Crippen molar-refractivity contribution in [1.82, 2.24) is 4.98 Å². The fourth-order valence-corrected chi connectivity index (χ4v) is 1.31. The van der Waals surface area contributed by atoms with Gasteiger partial charge >= 0.3 is 5.76 Å². The Bertz CT molecular complexity index is 500. The van der Waals surface area contributed by atoms with Crippen molar-refractivity contribution in [2.75, 3.05) is 6.54 Å². The summed E-state index contributed by atoms with van der Waals surface area (Å²) in [5.41, 5.74) is 7.02. The van der Waals surface area contributed by atoms with Crippen LogP contribution in [0.15, 0.2) is 27.4 Å². The first-order valence-electron chi connectivity index (χ1n) is 4.21. The number of aliphatic hydroxyl groups excluding tert-OH is 1. The summed E-state index contributed by atoms with van der Waals surface area (Å²) in [7, 11) is 0. The van der Waals surface area contributed by atoms with Gasteiger partial charge in [-0.15, -0.1) is 0 Å². The number of benzene rings is 1. The summed E-state index contributed by atoms with van der Waals surface area (Å²) in [5.74, 6) is -0.501. The highest BCUT2D eigenvalue weighted by molar-refractivity contribution is 5.72. The molecule has 2 aromatic rings. The molecule has 0 spiro atoms. The van der Waals surface area contributed by atoms with Gasteiger partial charge in [-0.2, -0.15) is 0 Å². The molecular weight excluding hydrogens is 184 g/mol. The first-order valence-corrected chi connectivity index (χ1v) is 4.21. The summed E-state index contributed by atoms with van der Waals surface area (Å²) in [6.07, 6.45) is -0.710. The van der Waals surface area contributed by atoms with Gasteiger partial charge in [-0.1, -0.05) is 6.07 Å². The van der Waals surface area contributed by atoms with E-state index < -0.39 is 11.9 Å². The molecule has 1 aromatic heterocycles. The fraction of sp³-hybridized carbons (Fsp3) is 0.222. The SMILES string of the molecule is NCC(O)c1ccc2oc(=O)[nH]c2c1. The molecule has 2 rings (SSSR count). The number of fused-ring (bicyclic) bond motifs is 1. The molecule has 1 heterocycles. The van der Waals surface area contributed by atoms with E-state index in [2.05, 4.69) is 4.98 Å². The van der Waals surface area contributed by atoms with Crippen LogP contribution in [0.2, 0.25) is 0 Å². The quantitative estimate of drug-likeness (QED) is 0.632. The van der Waals surface area contributed by atoms with Crippen molar-refractivity contribution in [3.05, 3.63) is 34.3 Å². The van der Waals surface area contributed by atoms with E-state index in [1.807, 2.05) is 0 Å². The molecule has 1 unspecified atom stereocenters. The lowest BCUT2D eigenvalue weighted by molar-refractivity contribution is 0.187. The molecule has 74 valence electrons. The lowest BCUT2D eigenvalue weighted by atomic mass is 10.1. The molecule has 5 nitrogen and oxygen atoms in total. The number of aromatic nitrogens is 1. The summed E-state index contributed by atoms with van der Waals surface area (Å²) in [4.78, 5) is 13.3. The molecule has 0 fully saturated rings. The first kappa shape index (κ1) is 8.98. The van der Waals surface area contributed by atoms with Gasteiger partial charge in [0.25, 0.3) is 0 Å². The standard InChI is InChI=1S/C9H10N2O3/c10-4-7(12)5-1-2-8-6(3-5)11-9(13)14-8/h1-3,7,12H,4,10H2,(H,11,13). The highest BCUT2D eigenvalue weighted by Crippen LogP contribution is 2.17. The molecule has 1 atom stereocenters. The van der Waals surface area contributed by atoms with Crippen molar-refractivity contribution in [2.45, 2.75) is 6.10 Å². The topological polar surface area (TPSA) is 92.2 Å². The zero-order valence-corrected chi connectivity index (χ0v) is 7.36. The predicted octanol–water partition coefficient (Wildman–Crippen LogP) is 0.113. The van der Waals surface area contributed by atoms with Crippen molar-refractivity contribution < 1.29 is 9.52 Å². The second kappa shape index (κ2) is 3.28. The van der Waals surface area contributed by atoms with Gasteiger partial charge in [0.15, 0.2) is 5.58 Å². The van der Waals surface area contributed by atoms with Crippen LogP contribution >= 0.6 is 0 Å². The molecule has 0 saturated heterocycles. The molecule has 5 heteroatoms. The maximum Gasteiger partial charge on any atom is 0.417 e. The van der Waals surface area contributed by atoms with Crippen LogP contribution in [0.4, 0.5) is 0 Å². The number of aromatic amines is 1. The Morgan fingerprint density at radius 2 is 2.36 bits per heavy atom.